The maximum atomic E-state index is 13.0. The van der Waals surface area contributed by atoms with Crippen LogP contribution in [0.2, 0.25) is 10.3 Å². The van der Waals surface area contributed by atoms with E-state index in [0.717, 1.165) is 70.3 Å². The summed E-state index contributed by atoms with van der Waals surface area (Å²) in [5.74, 6) is 1.80. The molecule has 31 nitrogen and oxygen atoms in total. The van der Waals surface area contributed by atoms with Crippen molar-refractivity contribution in [1.82, 2.24) is 97.8 Å². The van der Waals surface area contributed by atoms with Gasteiger partial charge in [-0.1, -0.05) is 250 Å². The Labute approximate surface area is 911 Å². The van der Waals surface area contributed by atoms with Crippen molar-refractivity contribution in [3.8, 4) is 0 Å². The minimum atomic E-state index is -4.40. The number of ether oxygens (including phenoxy) is 7. The van der Waals surface area contributed by atoms with E-state index in [-0.39, 0.29) is 85.6 Å². The van der Waals surface area contributed by atoms with Gasteiger partial charge in [0, 0.05) is 128 Å². The lowest BCUT2D eigenvalue weighted by molar-refractivity contribution is -0.145. The highest BCUT2D eigenvalue weighted by Gasteiger charge is 2.41. The van der Waals surface area contributed by atoms with Crippen LogP contribution in [0.25, 0.3) is 4.85 Å². The number of rotatable bonds is 24. The van der Waals surface area contributed by atoms with Gasteiger partial charge in [-0.3, -0.25) is 37.5 Å². The first-order valence-electron chi connectivity index (χ1n) is 51.9. The molecule has 1 saturated carbocycles. The molecular formula is C112H192BrCl2F3N22O9. The summed E-state index contributed by atoms with van der Waals surface area (Å²) in [6.45, 7) is 91.5. The number of alkyl halides is 3. The van der Waals surface area contributed by atoms with Gasteiger partial charge in [-0.15, -0.1) is 5.10 Å². The third-order valence-corrected chi connectivity index (χ3v) is 26.1. The Morgan fingerprint density at radius 2 is 0.819 bits per heavy atom. The Morgan fingerprint density at radius 1 is 0.430 bits per heavy atom. The topological polar surface area (TPSA) is 291 Å². The van der Waals surface area contributed by atoms with Crippen LogP contribution >= 0.6 is 39.1 Å². The fourth-order valence-electron chi connectivity index (χ4n) is 15.7. The predicted octanol–water partition coefficient (Wildman–Crippen LogP) is 25.2. The molecule has 2 fully saturated rings. The van der Waals surface area contributed by atoms with Crippen LogP contribution in [0.4, 0.5) is 24.8 Å². The Bertz CT molecular complexity index is 5490. The van der Waals surface area contributed by atoms with E-state index in [2.05, 4.69) is 327 Å². The van der Waals surface area contributed by atoms with Crippen molar-refractivity contribution in [2.75, 3.05) is 121 Å². The van der Waals surface area contributed by atoms with Gasteiger partial charge in [0.2, 0.25) is 0 Å². The lowest BCUT2D eigenvalue weighted by Crippen LogP contribution is -2.26. The van der Waals surface area contributed by atoms with E-state index in [1.54, 1.807) is 96.6 Å². The molecule has 12 rings (SSSR count). The molecule has 2 N–H and O–H groups in total. The lowest BCUT2D eigenvalue weighted by atomic mass is 9.87. The molecule has 0 unspecified atom stereocenters. The van der Waals surface area contributed by atoms with Crippen LogP contribution in [0.15, 0.2) is 85.2 Å². The summed E-state index contributed by atoms with van der Waals surface area (Å²) < 4.78 is 93.8. The van der Waals surface area contributed by atoms with Gasteiger partial charge in [-0.05, 0) is 160 Å². The second kappa shape index (κ2) is 58.4. The number of halogens is 6. The summed E-state index contributed by atoms with van der Waals surface area (Å²) in [6, 6.07) is 1.22. The van der Waals surface area contributed by atoms with Crippen molar-refractivity contribution < 1.29 is 56.5 Å². The summed E-state index contributed by atoms with van der Waals surface area (Å²) in [4.78, 5) is 5.66. The number of aromatic nitrogens is 20. The van der Waals surface area contributed by atoms with Crippen molar-refractivity contribution >= 4 is 50.8 Å². The number of hydrogen-bond donors (Lipinski definition) is 2. The Kier molecular flexibility index (Phi) is 53.0. The smallest absolute Gasteiger partial charge is 0.394 e. The molecule has 37 heteroatoms. The van der Waals surface area contributed by atoms with Crippen molar-refractivity contribution in [2.24, 2.45) is 0 Å². The highest BCUT2D eigenvalue weighted by molar-refractivity contribution is 9.10. The van der Waals surface area contributed by atoms with E-state index >= 15 is 0 Å². The molecule has 1 aliphatic heterocycles. The zero-order valence-corrected chi connectivity index (χ0v) is 103. The third kappa shape index (κ3) is 44.3. The van der Waals surface area contributed by atoms with Gasteiger partial charge in [-0.2, -0.15) is 63.7 Å². The maximum Gasteiger partial charge on any atom is 0.433 e. The molecule has 1 saturated heterocycles. The minimum Gasteiger partial charge on any atom is -0.394 e. The van der Waals surface area contributed by atoms with Gasteiger partial charge in [0.05, 0.1) is 170 Å². The summed E-state index contributed by atoms with van der Waals surface area (Å²) >= 11 is 16.0. The number of hydrogen-bond acceptors (Lipinski definition) is 20. The molecule has 2 aliphatic rings. The van der Waals surface area contributed by atoms with Gasteiger partial charge in [0.25, 0.3) is 5.82 Å². The fraction of sp³-hybridized carbons (Fsp3) is 0.723. The molecule has 846 valence electrons. The SMILES string of the molecule is CC(C)(C)c1cnn(C2CCCC2)c1.CC(C)(C)c1cnn(C2CCOCC2)c1Cl.CC(C)(C)c1cnn(CCO)c1Cl.CC(C)(O)Cn1cc(C(C)(C)C)cn1.COCC(COC)n1cc(C(C)(C)C)cn1.COCCn1ncc(C(C)(C)C)c1Br.COCCn1ncc(C(C)(C)C)c1C(F)(F)F.COCCn1ncc(C(C)(C)C)c1N(C)C.Cc1c(C(C)(C)C)cnn1C(C)(C)C.[C-]#[N+]c1c(C(C)(C)C)cnn1CCOC. The zero-order valence-electron chi connectivity index (χ0n) is 99.4. The van der Waals surface area contributed by atoms with Gasteiger partial charge >= 0.3 is 6.18 Å². The Morgan fingerprint density at radius 3 is 1.21 bits per heavy atom. The molecular weight excluding hydrogens is 2010 g/mol. The van der Waals surface area contributed by atoms with Crippen LogP contribution in [-0.2, 0) is 138 Å². The van der Waals surface area contributed by atoms with Crippen molar-refractivity contribution in [3.63, 3.8) is 0 Å². The second-order valence-corrected chi connectivity index (χ2v) is 51.7. The average Bonchev–Trinajstić information content (AvgIpc) is 1.63. The fourth-order valence-corrected chi connectivity index (χ4v) is 17.6. The van der Waals surface area contributed by atoms with Crippen LogP contribution in [-0.4, -0.2) is 230 Å². The molecule has 0 atom stereocenters. The minimum absolute atomic E-state index is 0.00475. The van der Waals surface area contributed by atoms with Crippen LogP contribution < -0.4 is 4.90 Å². The second-order valence-electron chi connectivity index (χ2n) is 50.2. The van der Waals surface area contributed by atoms with Crippen molar-refractivity contribution in [1.29, 1.82) is 0 Å². The van der Waals surface area contributed by atoms with E-state index in [9.17, 15) is 18.3 Å². The van der Waals surface area contributed by atoms with E-state index in [1.807, 2.05) is 68.3 Å². The molecule has 0 bridgehead atoms. The molecule has 11 heterocycles. The van der Waals surface area contributed by atoms with Crippen LogP contribution in [0.5, 0.6) is 0 Å². The Balaban J connectivity index is 0.000000425. The molecule has 10 aromatic rings. The first-order chi connectivity index (χ1) is 68.4. The predicted molar refractivity (Wildman–Crippen MR) is 603 cm³/mol. The van der Waals surface area contributed by atoms with Gasteiger partial charge in [-0.25, -0.2) is 4.68 Å². The maximum absolute atomic E-state index is 13.0. The first kappa shape index (κ1) is 135. The van der Waals surface area contributed by atoms with E-state index in [1.165, 1.54) is 83.9 Å². The molecule has 0 aromatic carbocycles. The molecule has 10 aromatic heterocycles. The number of aliphatic hydroxyl groups excluding tert-OH is 1. The molecule has 149 heavy (non-hydrogen) atoms. The molecule has 0 amide bonds. The van der Waals surface area contributed by atoms with Gasteiger partial charge in [0.15, 0.2) is 0 Å². The quantitative estimate of drug-likeness (QED) is 0.0531. The van der Waals surface area contributed by atoms with E-state index in [4.69, 9.17) is 68.0 Å². The van der Waals surface area contributed by atoms with E-state index in [0.29, 0.717) is 75.7 Å². The summed E-state index contributed by atoms with van der Waals surface area (Å²) in [6.07, 6.45) is 27.7. The molecule has 0 spiro atoms. The highest BCUT2D eigenvalue weighted by atomic mass is 79.9. The number of anilines is 1. The van der Waals surface area contributed by atoms with Crippen molar-refractivity contribution in [3.05, 3.63) is 174 Å². The molecule has 0 radical (unpaired) electrons. The molecule has 1 aliphatic carbocycles. The van der Waals surface area contributed by atoms with Crippen LogP contribution in [0, 0.1) is 13.5 Å². The van der Waals surface area contributed by atoms with Crippen molar-refractivity contribution in [2.45, 2.75) is 417 Å². The first-order valence-corrected chi connectivity index (χ1v) is 53.4. The van der Waals surface area contributed by atoms with Gasteiger partial charge < -0.3 is 53.1 Å². The third-order valence-electron chi connectivity index (χ3n) is 24.5. The van der Waals surface area contributed by atoms with Gasteiger partial charge in [0.1, 0.15) is 33.0 Å². The lowest BCUT2D eigenvalue weighted by Gasteiger charge is -2.24. The number of nitrogens with zero attached hydrogens (tertiary/aromatic N) is 22. The normalized spacial score (nSPS) is 13.8. The Hall–Kier alpha value is -8.12. The van der Waals surface area contributed by atoms with Crippen LogP contribution in [0.1, 0.15) is 366 Å². The number of methoxy groups -OCH3 is 6. The van der Waals surface area contributed by atoms with Crippen LogP contribution in [0.3, 0.4) is 0 Å². The zero-order chi connectivity index (χ0) is 114. The largest absolute Gasteiger partial charge is 0.433 e. The standard InChI is InChI=1S/C12H19ClN2O.C12H23N3O.C12H22N2O2.C12H20N2.C12H22N2.C11H17F3N2O.C11H17N3O.C11H20N2O.C10H17BrN2O.C9H15ClN2O/c1-12(2,3)10-8-14-15(11(10)13)9-4-6-16-7-5-9;1-12(2,3)10-9-13-15(7-8-16-6)11(10)14(4)5;1-12(2,3)10-6-13-14(7-10)11(8-15-4)9-16-5;1-12(2,3)10-8-13-14(9-10)11-6-4-5-7-11;1-9-10(11(2,3)4)8-13-14(9)12(5,6)7;1-10(2,3)8-7-15-16(5-6-17-4)9(8)11(12,13)14;1-11(2,3)9-8-13-14(6-7-15-5)10(9)12-4;1-10(2,3)9-6-12-13(7-9)8-11(4,5)14;1-10(2,3)8-7-12-13(9(8)11)5-6-14-4;1-9(2,3)7-6-11-12(4-5-13)8(7)10/h8-9H,4-7H2,1-3H3;9H,7-8H2,1-6H3;6-7,11H,8-9H2,1-5H3;8-9,11H,4-7H2,1-3H3;8H,1-7H3;7H,5-6H2,1-4H3;8H,6-7H2,1-3,5H3;6-7,14H,8H2,1-5H3;7H,5-6H2,1-4H3;6,13H,4-5H2,1-3H3. The monoisotopic (exact) mass is 2200 g/mol. The summed E-state index contributed by atoms with van der Waals surface area (Å²) in [5, 5.41) is 62.6. The van der Waals surface area contributed by atoms with E-state index < -0.39 is 22.9 Å². The summed E-state index contributed by atoms with van der Waals surface area (Å²) in [5.41, 5.74) is 11.3. The number of aliphatic hydroxyl groups is 2. The summed E-state index contributed by atoms with van der Waals surface area (Å²) in [7, 11) is 14.0. The average molecular weight is 2200 g/mol. The highest BCUT2D eigenvalue weighted by Crippen LogP contribution is 2.41.